The Morgan fingerprint density at radius 1 is 1.47 bits per heavy atom. The first kappa shape index (κ1) is 10.8. The van der Waals surface area contributed by atoms with E-state index in [0.717, 1.165) is 31.9 Å². The second-order valence-electron chi connectivity index (χ2n) is 5.10. The minimum Gasteiger partial charge on any atom is -0.385 e. The van der Waals surface area contributed by atoms with Gasteiger partial charge in [-0.25, -0.2) is 0 Å². The van der Waals surface area contributed by atoms with Crippen molar-refractivity contribution in [1.82, 2.24) is 9.88 Å². The average Bonchev–Trinajstić information content (AvgIpc) is 2.32. The molecular formula is C13H19N3O. The normalized spacial score (nSPS) is 26.4. The van der Waals surface area contributed by atoms with Gasteiger partial charge in [0.05, 0.1) is 0 Å². The molecule has 0 radical (unpaired) electrons. The van der Waals surface area contributed by atoms with Crippen molar-refractivity contribution in [3.8, 4) is 0 Å². The fraction of sp³-hybridized carbons (Fsp3) is 0.615. The van der Waals surface area contributed by atoms with Crippen molar-refractivity contribution in [3.63, 3.8) is 0 Å². The second-order valence-corrected chi connectivity index (χ2v) is 5.10. The Bertz CT molecular complexity index is 480. The highest BCUT2D eigenvalue weighted by molar-refractivity contribution is 5.44. The summed E-state index contributed by atoms with van der Waals surface area (Å²) in [4.78, 5) is 12.1. The van der Waals surface area contributed by atoms with Crippen molar-refractivity contribution in [2.45, 2.75) is 25.8 Å². The summed E-state index contributed by atoms with van der Waals surface area (Å²) >= 11 is 0. The summed E-state index contributed by atoms with van der Waals surface area (Å²) in [5, 5.41) is 6.70. The van der Waals surface area contributed by atoms with E-state index in [9.17, 15) is 4.79 Å². The molecule has 1 fully saturated rings. The molecule has 1 aromatic heterocycles. The predicted octanol–water partition coefficient (Wildman–Crippen LogP) is 0.987. The van der Waals surface area contributed by atoms with Gasteiger partial charge in [0.2, 0.25) is 0 Å². The molecule has 4 heteroatoms. The van der Waals surface area contributed by atoms with Crippen LogP contribution in [0.5, 0.6) is 0 Å². The predicted molar refractivity (Wildman–Crippen MR) is 68.6 cm³/mol. The van der Waals surface area contributed by atoms with Crippen molar-refractivity contribution >= 4 is 5.69 Å². The molecule has 4 nitrogen and oxygen atoms in total. The van der Waals surface area contributed by atoms with Crippen LogP contribution < -0.4 is 16.2 Å². The molecule has 17 heavy (non-hydrogen) atoms. The summed E-state index contributed by atoms with van der Waals surface area (Å²) in [5.41, 5.74) is 2.32. The Labute approximate surface area is 101 Å². The molecule has 2 bridgehead atoms. The highest BCUT2D eigenvalue weighted by Gasteiger charge is 2.30. The van der Waals surface area contributed by atoms with E-state index in [2.05, 4.69) is 23.6 Å². The SMILES string of the molecule is CCNc1cc2n(c(=O)c1)CC1CNC[C@@H]2C1. The Kier molecular flexibility index (Phi) is 2.67. The average molecular weight is 233 g/mol. The Hall–Kier alpha value is -1.29. The van der Waals surface area contributed by atoms with Gasteiger partial charge >= 0.3 is 0 Å². The molecular weight excluding hydrogens is 214 g/mol. The number of pyridine rings is 1. The fourth-order valence-electron chi connectivity index (χ4n) is 3.11. The van der Waals surface area contributed by atoms with Gasteiger partial charge in [0.15, 0.2) is 0 Å². The maximum Gasteiger partial charge on any atom is 0.252 e. The lowest BCUT2D eigenvalue weighted by Gasteiger charge is -2.37. The molecule has 3 rings (SSSR count). The van der Waals surface area contributed by atoms with Gasteiger partial charge in [-0.05, 0) is 31.9 Å². The highest BCUT2D eigenvalue weighted by Crippen LogP contribution is 2.32. The van der Waals surface area contributed by atoms with Crippen LogP contribution in [0.25, 0.3) is 0 Å². The lowest BCUT2D eigenvalue weighted by atomic mass is 9.84. The molecule has 2 N–H and O–H groups in total. The van der Waals surface area contributed by atoms with Gasteiger partial charge in [-0.15, -0.1) is 0 Å². The summed E-state index contributed by atoms with van der Waals surface area (Å²) in [5.74, 6) is 1.14. The Morgan fingerprint density at radius 3 is 3.18 bits per heavy atom. The van der Waals surface area contributed by atoms with Crippen molar-refractivity contribution in [3.05, 3.63) is 28.2 Å². The zero-order valence-electron chi connectivity index (χ0n) is 10.2. The van der Waals surface area contributed by atoms with Crippen LogP contribution in [0.2, 0.25) is 0 Å². The highest BCUT2D eigenvalue weighted by atomic mass is 16.1. The quantitative estimate of drug-likeness (QED) is 0.800. The van der Waals surface area contributed by atoms with E-state index in [4.69, 9.17) is 0 Å². The fourth-order valence-corrected chi connectivity index (χ4v) is 3.11. The number of anilines is 1. The molecule has 3 heterocycles. The number of hydrogen-bond donors (Lipinski definition) is 2. The lowest BCUT2D eigenvalue weighted by molar-refractivity contribution is 0.257. The van der Waals surface area contributed by atoms with E-state index in [1.807, 2.05) is 4.57 Å². The zero-order chi connectivity index (χ0) is 11.8. The second kappa shape index (κ2) is 4.18. The van der Waals surface area contributed by atoms with Crippen molar-refractivity contribution in [2.75, 3.05) is 25.0 Å². The van der Waals surface area contributed by atoms with Crippen LogP contribution in [0.3, 0.4) is 0 Å². The number of nitrogens with one attached hydrogen (secondary N) is 2. The minimum absolute atomic E-state index is 0.148. The van der Waals surface area contributed by atoms with Gasteiger partial charge in [0.25, 0.3) is 5.56 Å². The molecule has 2 aliphatic heterocycles. The van der Waals surface area contributed by atoms with Gasteiger partial charge < -0.3 is 15.2 Å². The third-order valence-corrected chi connectivity index (χ3v) is 3.84. The maximum absolute atomic E-state index is 12.1. The van der Waals surface area contributed by atoms with Gasteiger partial charge in [-0.1, -0.05) is 0 Å². The third-order valence-electron chi connectivity index (χ3n) is 3.84. The lowest BCUT2D eigenvalue weighted by Crippen LogP contribution is -2.44. The first-order chi connectivity index (χ1) is 8.28. The Balaban J connectivity index is 2.05. The molecule has 1 saturated heterocycles. The van der Waals surface area contributed by atoms with E-state index >= 15 is 0 Å². The van der Waals surface area contributed by atoms with Crippen LogP contribution in [0.1, 0.15) is 25.0 Å². The number of aromatic nitrogens is 1. The molecule has 2 atom stereocenters. The van der Waals surface area contributed by atoms with Crippen LogP contribution in [0.4, 0.5) is 5.69 Å². The van der Waals surface area contributed by atoms with E-state index in [0.29, 0.717) is 11.8 Å². The topological polar surface area (TPSA) is 46.1 Å². The monoisotopic (exact) mass is 233 g/mol. The van der Waals surface area contributed by atoms with E-state index < -0.39 is 0 Å². The van der Waals surface area contributed by atoms with Crippen LogP contribution in [-0.2, 0) is 6.54 Å². The number of rotatable bonds is 2. The van der Waals surface area contributed by atoms with Crippen molar-refractivity contribution in [2.24, 2.45) is 5.92 Å². The smallest absolute Gasteiger partial charge is 0.252 e. The van der Waals surface area contributed by atoms with Crippen LogP contribution in [-0.4, -0.2) is 24.2 Å². The summed E-state index contributed by atoms with van der Waals surface area (Å²) in [6.45, 7) is 5.84. The van der Waals surface area contributed by atoms with Gasteiger partial charge in [-0.3, -0.25) is 4.79 Å². The van der Waals surface area contributed by atoms with Gasteiger partial charge in [0, 0.05) is 43.0 Å². The first-order valence-corrected chi connectivity index (χ1v) is 6.47. The first-order valence-electron chi connectivity index (χ1n) is 6.47. The number of nitrogens with zero attached hydrogens (tertiary/aromatic N) is 1. The van der Waals surface area contributed by atoms with E-state index in [-0.39, 0.29) is 5.56 Å². The molecule has 92 valence electrons. The summed E-state index contributed by atoms with van der Waals surface area (Å²) < 4.78 is 1.97. The van der Waals surface area contributed by atoms with Crippen molar-refractivity contribution in [1.29, 1.82) is 0 Å². The molecule has 0 amide bonds. The zero-order valence-corrected chi connectivity index (χ0v) is 10.2. The van der Waals surface area contributed by atoms with Crippen LogP contribution >= 0.6 is 0 Å². The van der Waals surface area contributed by atoms with Crippen molar-refractivity contribution < 1.29 is 0 Å². The van der Waals surface area contributed by atoms with E-state index in [1.54, 1.807) is 6.07 Å². The third kappa shape index (κ3) is 1.86. The maximum atomic E-state index is 12.1. The van der Waals surface area contributed by atoms with E-state index in [1.165, 1.54) is 12.1 Å². The molecule has 1 aromatic rings. The largest absolute Gasteiger partial charge is 0.385 e. The summed E-state index contributed by atoms with van der Waals surface area (Å²) in [6, 6.07) is 3.88. The molecule has 1 unspecified atom stereocenters. The molecule has 0 aromatic carbocycles. The summed E-state index contributed by atoms with van der Waals surface area (Å²) in [7, 11) is 0. The number of hydrogen-bond acceptors (Lipinski definition) is 3. The van der Waals surface area contributed by atoms with Crippen LogP contribution in [0.15, 0.2) is 16.9 Å². The molecule has 2 aliphatic rings. The molecule has 0 aliphatic carbocycles. The van der Waals surface area contributed by atoms with Gasteiger partial charge in [0.1, 0.15) is 0 Å². The number of piperidine rings is 1. The molecule has 0 spiro atoms. The van der Waals surface area contributed by atoms with Gasteiger partial charge in [-0.2, -0.15) is 0 Å². The molecule has 0 saturated carbocycles. The van der Waals surface area contributed by atoms with Crippen LogP contribution in [0, 0.1) is 5.92 Å². The minimum atomic E-state index is 0.148. The Morgan fingerprint density at radius 2 is 2.35 bits per heavy atom. The number of fused-ring (bicyclic) bond motifs is 4. The summed E-state index contributed by atoms with van der Waals surface area (Å²) in [6.07, 6.45) is 1.22. The standard InChI is InChI=1S/C13H19N3O/c1-2-15-11-4-12-10-3-9(6-14-7-10)8-16(12)13(17)5-11/h4-5,9-10,14-15H,2-3,6-8H2,1H3/t9?,10-/m0/s1.